The third-order valence-electron chi connectivity index (χ3n) is 5.88. The number of morpholine rings is 1. The maximum atomic E-state index is 13.0. The van der Waals surface area contributed by atoms with Gasteiger partial charge in [-0.15, -0.1) is 24.0 Å². The SMILES string of the molecule is CCNC(=NCc1cccc(CN2CCOCC2)c1)N1CCN(C(C)C(F)(F)F)CC1.I. The molecule has 2 saturated heterocycles. The number of rotatable bonds is 6. The molecule has 182 valence electrons. The number of guanidine groups is 1. The summed E-state index contributed by atoms with van der Waals surface area (Å²) < 4.78 is 44.4. The Kier molecular flexibility index (Phi) is 11.0. The van der Waals surface area contributed by atoms with Crippen molar-refractivity contribution in [2.75, 3.05) is 59.0 Å². The van der Waals surface area contributed by atoms with Crippen LogP contribution in [-0.2, 0) is 17.8 Å². The number of nitrogens with zero attached hydrogens (tertiary/aromatic N) is 4. The van der Waals surface area contributed by atoms with Crippen molar-refractivity contribution in [3.05, 3.63) is 35.4 Å². The first kappa shape index (κ1) is 27.1. The van der Waals surface area contributed by atoms with Gasteiger partial charge in [0.2, 0.25) is 0 Å². The molecule has 6 nitrogen and oxygen atoms in total. The zero-order valence-electron chi connectivity index (χ0n) is 18.9. The summed E-state index contributed by atoms with van der Waals surface area (Å²) in [6, 6.07) is 7.03. The fourth-order valence-electron chi connectivity index (χ4n) is 3.96. The Morgan fingerprint density at radius 2 is 1.75 bits per heavy atom. The van der Waals surface area contributed by atoms with E-state index < -0.39 is 12.2 Å². The smallest absolute Gasteiger partial charge is 0.379 e. The lowest BCUT2D eigenvalue weighted by molar-refractivity contribution is -0.181. The van der Waals surface area contributed by atoms with Crippen LogP contribution in [0.15, 0.2) is 29.3 Å². The third kappa shape index (κ3) is 8.03. The fourth-order valence-corrected chi connectivity index (χ4v) is 3.96. The maximum Gasteiger partial charge on any atom is 0.403 e. The summed E-state index contributed by atoms with van der Waals surface area (Å²) in [7, 11) is 0. The molecule has 0 amide bonds. The monoisotopic (exact) mass is 569 g/mol. The maximum absolute atomic E-state index is 13.0. The van der Waals surface area contributed by atoms with Crippen LogP contribution in [0, 0.1) is 0 Å². The van der Waals surface area contributed by atoms with Crippen LogP contribution in [0.1, 0.15) is 25.0 Å². The topological polar surface area (TPSA) is 43.3 Å². The van der Waals surface area contributed by atoms with Crippen LogP contribution in [0.5, 0.6) is 0 Å². The van der Waals surface area contributed by atoms with Gasteiger partial charge in [-0.3, -0.25) is 9.80 Å². The van der Waals surface area contributed by atoms with Crippen molar-refractivity contribution in [3.63, 3.8) is 0 Å². The van der Waals surface area contributed by atoms with Crippen LogP contribution in [0.4, 0.5) is 13.2 Å². The molecule has 32 heavy (non-hydrogen) atoms. The minimum Gasteiger partial charge on any atom is -0.379 e. The van der Waals surface area contributed by atoms with Gasteiger partial charge < -0.3 is 15.0 Å². The number of hydrogen-bond donors (Lipinski definition) is 1. The molecule has 0 aromatic heterocycles. The minimum atomic E-state index is -4.19. The average molecular weight is 569 g/mol. The first-order valence-electron chi connectivity index (χ1n) is 11.1. The van der Waals surface area contributed by atoms with Gasteiger partial charge in [-0.1, -0.05) is 24.3 Å². The van der Waals surface area contributed by atoms with Crippen LogP contribution in [-0.4, -0.2) is 91.9 Å². The standard InChI is InChI=1S/C22H34F3N5O.HI/c1-3-26-21(30-9-7-29(8-10-30)18(2)22(23,24)25)27-16-19-5-4-6-20(15-19)17-28-11-13-31-14-12-28;/h4-6,15,18H,3,7-14,16-17H2,1-2H3,(H,26,27);1H. The molecule has 2 aliphatic rings. The summed E-state index contributed by atoms with van der Waals surface area (Å²) in [6.45, 7) is 10.7. The molecule has 0 saturated carbocycles. The molecule has 1 atom stereocenters. The van der Waals surface area contributed by atoms with Crippen LogP contribution >= 0.6 is 24.0 Å². The van der Waals surface area contributed by atoms with E-state index in [4.69, 9.17) is 9.73 Å². The Morgan fingerprint density at radius 1 is 1.09 bits per heavy atom. The van der Waals surface area contributed by atoms with Crippen molar-refractivity contribution in [1.29, 1.82) is 0 Å². The number of benzene rings is 1. The number of piperazine rings is 1. The predicted octanol–water partition coefficient (Wildman–Crippen LogP) is 3.17. The van der Waals surface area contributed by atoms with Gasteiger partial charge in [0.05, 0.1) is 19.8 Å². The van der Waals surface area contributed by atoms with Gasteiger partial charge in [0.15, 0.2) is 5.96 Å². The lowest BCUT2D eigenvalue weighted by Gasteiger charge is -2.39. The van der Waals surface area contributed by atoms with Crippen LogP contribution in [0.25, 0.3) is 0 Å². The highest BCUT2D eigenvalue weighted by Gasteiger charge is 2.41. The molecule has 1 unspecified atom stereocenters. The molecule has 1 aromatic carbocycles. The molecule has 0 radical (unpaired) electrons. The molecule has 2 heterocycles. The molecular formula is C22H35F3IN5O. The molecule has 0 spiro atoms. The first-order chi connectivity index (χ1) is 14.9. The summed E-state index contributed by atoms with van der Waals surface area (Å²) in [5.74, 6) is 0.764. The van der Waals surface area contributed by atoms with Gasteiger partial charge in [0.25, 0.3) is 0 Å². The third-order valence-corrected chi connectivity index (χ3v) is 5.88. The summed E-state index contributed by atoms with van der Waals surface area (Å²) in [4.78, 5) is 10.7. The second-order valence-corrected chi connectivity index (χ2v) is 8.12. The predicted molar refractivity (Wildman–Crippen MR) is 131 cm³/mol. The molecule has 0 aliphatic carbocycles. The van der Waals surface area contributed by atoms with E-state index in [1.165, 1.54) is 17.4 Å². The number of hydrogen-bond acceptors (Lipinski definition) is 4. The van der Waals surface area contributed by atoms with E-state index in [-0.39, 0.29) is 24.0 Å². The van der Waals surface area contributed by atoms with Crippen LogP contribution < -0.4 is 5.32 Å². The van der Waals surface area contributed by atoms with E-state index in [9.17, 15) is 13.2 Å². The van der Waals surface area contributed by atoms with Crippen LogP contribution in [0.3, 0.4) is 0 Å². The zero-order valence-corrected chi connectivity index (χ0v) is 21.2. The molecule has 1 aromatic rings. The zero-order chi connectivity index (χ0) is 22.3. The highest BCUT2D eigenvalue weighted by atomic mass is 127. The molecule has 1 N–H and O–H groups in total. The number of alkyl halides is 3. The number of nitrogens with one attached hydrogen (secondary N) is 1. The average Bonchev–Trinajstić information content (AvgIpc) is 2.77. The van der Waals surface area contributed by atoms with E-state index in [1.54, 1.807) is 0 Å². The first-order valence-corrected chi connectivity index (χ1v) is 11.1. The van der Waals surface area contributed by atoms with Crippen molar-refractivity contribution in [3.8, 4) is 0 Å². The largest absolute Gasteiger partial charge is 0.403 e. The lowest BCUT2D eigenvalue weighted by atomic mass is 10.1. The Balaban J connectivity index is 0.00000363. The van der Waals surface area contributed by atoms with Crippen molar-refractivity contribution in [1.82, 2.24) is 20.0 Å². The van der Waals surface area contributed by atoms with Gasteiger partial charge >= 0.3 is 6.18 Å². The van der Waals surface area contributed by atoms with E-state index in [0.29, 0.717) is 32.7 Å². The number of ether oxygens (including phenoxy) is 1. The second kappa shape index (κ2) is 13.0. The summed E-state index contributed by atoms with van der Waals surface area (Å²) in [6.07, 6.45) is -4.19. The fraction of sp³-hybridized carbons (Fsp3) is 0.682. The van der Waals surface area contributed by atoms with E-state index in [2.05, 4.69) is 39.4 Å². The van der Waals surface area contributed by atoms with E-state index >= 15 is 0 Å². The van der Waals surface area contributed by atoms with Crippen molar-refractivity contribution in [2.24, 2.45) is 4.99 Å². The van der Waals surface area contributed by atoms with Crippen molar-refractivity contribution in [2.45, 2.75) is 39.2 Å². The normalized spacial score (nSPS) is 20.0. The summed E-state index contributed by atoms with van der Waals surface area (Å²) in [5.41, 5.74) is 2.39. The second-order valence-electron chi connectivity index (χ2n) is 8.12. The highest BCUT2D eigenvalue weighted by molar-refractivity contribution is 14.0. The minimum absolute atomic E-state index is 0. The van der Waals surface area contributed by atoms with Crippen molar-refractivity contribution >= 4 is 29.9 Å². The quantitative estimate of drug-likeness (QED) is 0.324. The van der Waals surface area contributed by atoms with Crippen LogP contribution in [0.2, 0.25) is 0 Å². The summed E-state index contributed by atoms with van der Waals surface area (Å²) in [5, 5.41) is 3.29. The van der Waals surface area contributed by atoms with Gasteiger partial charge in [0, 0.05) is 52.4 Å². The van der Waals surface area contributed by atoms with E-state index in [0.717, 1.165) is 50.9 Å². The van der Waals surface area contributed by atoms with E-state index in [1.807, 2.05) is 6.92 Å². The molecule has 10 heteroatoms. The number of aliphatic imine (C=N–C) groups is 1. The Hall–Kier alpha value is -1.11. The molecule has 2 aliphatic heterocycles. The molecular weight excluding hydrogens is 534 g/mol. The Labute approximate surface area is 206 Å². The molecule has 3 rings (SSSR count). The van der Waals surface area contributed by atoms with Gasteiger partial charge in [-0.2, -0.15) is 13.2 Å². The molecule has 0 bridgehead atoms. The highest BCUT2D eigenvalue weighted by Crippen LogP contribution is 2.25. The van der Waals surface area contributed by atoms with Gasteiger partial charge in [0.1, 0.15) is 6.04 Å². The Morgan fingerprint density at radius 3 is 2.38 bits per heavy atom. The lowest BCUT2D eigenvalue weighted by Crippen LogP contribution is -2.56. The van der Waals surface area contributed by atoms with Gasteiger partial charge in [-0.25, -0.2) is 4.99 Å². The number of halogens is 4. The van der Waals surface area contributed by atoms with Crippen molar-refractivity contribution < 1.29 is 17.9 Å². The summed E-state index contributed by atoms with van der Waals surface area (Å²) >= 11 is 0. The van der Waals surface area contributed by atoms with Gasteiger partial charge in [-0.05, 0) is 25.0 Å². The Bertz CT molecular complexity index is 720. The molecule has 2 fully saturated rings.